The summed E-state index contributed by atoms with van der Waals surface area (Å²) in [7, 11) is 0. The molecule has 0 aromatic heterocycles. The first kappa shape index (κ1) is 19.9. The number of aliphatic hydroxyl groups is 1. The van der Waals surface area contributed by atoms with Gasteiger partial charge < -0.3 is 9.84 Å². The molecule has 1 aromatic carbocycles. The molecule has 0 amide bonds. The average molecular weight is 331 g/mol. The number of benzene rings is 1. The summed E-state index contributed by atoms with van der Waals surface area (Å²) in [5.41, 5.74) is -3.37. The fourth-order valence-corrected chi connectivity index (χ4v) is 2.23. The number of ketones is 1. The second-order valence-electron chi connectivity index (χ2n) is 7.37. The second kappa shape index (κ2) is 7.14. The molecule has 0 aliphatic heterocycles. The first-order valence-corrected chi connectivity index (χ1v) is 7.88. The summed E-state index contributed by atoms with van der Waals surface area (Å²) >= 11 is 0. The minimum atomic E-state index is -1.59. The predicted octanol–water partition coefficient (Wildman–Crippen LogP) is 2.91. The predicted molar refractivity (Wildman–Crippen MR) is 90.1 cm³/mol. The van der Waals surface area contributed by atoms with Crippen molar-refractivity contribution in [2.24, 2.45) is 0 Å². The van der Waals surface area contributed by atoms with Crippen LogP contribution in [0.4, 0.5) is 0 Å². The molecule has 24 heavy (non-hydrogen) atoms. The topological polar surface area (TPSA) is 87.4 Å². The number of carbonyl (C=O) groups excluding carboxylic acids is 2. The van der Waals surface area contributed by atoms with E-state index in [1.807, 2.05) is 0 Å². The van der Waals surface area contributed by atoms with Crippen molar-refractivity contribution in [2.75, 3.05) is 0 Å². The lowest BCUT2D eigenvalue weighted by atomic mass is 9.76. The van der Waals surface area contributed by atoms with Crippen LogP contribution in [0.1, 0.15) is 53.0 Å². The van der Waals surface area contributed by atoms with Crippen LogP contribution in [0.5, 0.6) is 0 Å². The van der Waals surface area contributed by atoms with Crippen LogP contribution in [0.3, 0.4) is 0 Å². The van der Waals surface area contributed by atoms with Gasteiger partial charge in [-0.2, -0.15) is 5.26 Å². The van der Waals surface area contributed by atoms with Crippen molar-refractivity contribution in [3.8, 4) is 6.07 Å². The summed E-state index contributed by atoms with van der Waals surface area (Å²) in [6.45, 7) is 7.94. The van der Waals surface area contributed by atoms with Gasteiger partial charge >= 0.3 is 5.97 Å². The average Bonchev–Trinajstić information content (AvgIpc) is 2.46. The Balaban J connectivity index is 3.23. The normalized spacial score (nSPS) is 14.4. The summed E-state index contributed by atoms with van der Waals surface area (Å²) in [5.74, 6) is -1.12. The lowest BCUT2D eigenvalue weighted by Crippen LogP contribution is -2.42. The highest BCUT2D eigenvalue weighted by Gasteiger charge is 2.44. The largest absolute Gasteiger partial charge is 0.459 e. The van der Waals surface area contributed by atoms with Crippen molar-refractivity contribution in [3.63, 3.8) is 0 Å². The summed E-state index contributed by atoms with van der Waals surface area (Å²) in [5, 5.41) is 19.6. The Hall–Kier alpha value is -2.19. The minimum absolute atomic E-state index is 0.0503. The zero-order valence-corrected chi connectivity index (χ0v) is 14.9. The number of rotatable bonds is 6. The van der Waals surface area contributed by atoms with Gasteiger partial charge in [0.1, 0.15) is 11.2 Å². The minimum Gasteiger partial charge on any atom is -0.459 e. The smallest absolute Gasteiger partial charge is 0.331 e. The Morgan fingerprint density at radius 1 is 1.12 bits per heavy atom. The van der Waals surface area contributed by atoms with Crippen LogP contribution in [-0.4, -0.2) is 28.1 Å². The van der Waals surface area contributed by atoms with E-state index < -0.39 is 28.4 Å². The van der Waals surface area contributed by atoms with Gasteiger partial charge in [-0.3, -0.25) is 4.79 Å². The highest BCUT2D eigenvalue weighted by Crippen LogP contribution is 2.33. The highest BCUT2D eigenvalue weighted by atomic mass is 16.6. The molecule has 1 rings (SSSR count). The van der Waals surface area contributed by atoms with Crippen molar-refractivity contribution in [3.05, 3.63) is 35.9 Å². The van der Waals surface area contributed by atoms with Gasteiger partial charge in [0, 0.05) is 6.42 Å². The first-order chi connectivity index (χ1) is 10.9. The van der Waals surface area contributed by atoms with Crippen molar-refractivity contribution in [1.29, 1.82) is 5.26 Å². The van der Waals surface area contributed by atoms with Crippen LogP contribution < -0.4 is 0 Å². The maximum Gasteiger partial charge on any atom is 0.331 e. The first-order valence-electron chi connectivity index (χ1n) is 7.88. The molecule has 1 N–H and O–H groups in total. The molecule has 0 saturated carbocycles. The Labute approximate surface area is 143 Å². The fourth-order valence-electron chi connectivity index (χ4n) is 2.23. The number of nitrogens with zero attached hydrogens (tertiary/aromatic N) is 1. The monoisotopic (exact) mass is 331 g/mol. The zero-order valence-electron chi connectivity index (χ0n) is 14.9. The third kappa shape index (κ3) is 4.90. The quantitative estimate of drug-likeness (QED) is 0.810. The van der Waals surface area contributed by atoms with E-state index in [-0.39, 0.29) is 12.8 Å². The molecule has 5 heteroatoms. The number of Topliss-reactive ketones (excluding diaryl/α,β-unsaturated/α-hetero) is 1. The van der Waals surface area contributed by atoms with E-state index in [0.717, 1.165) is 0 Å². The van der Waals surface area contributed by atoms with Crippen LogP contribution in [0.2, 0.25) is 0 Å². The molecule has 0 saturated heterocycles. The second-order valence-corrected chi connectivity index (χ2v) is 7.37. The molecule has 0 unspecified atom stereocenters. The van der Waals surface area contributed by atoms with Gasteiger partial charge in [-0.1, -0.05) is 30.3 Å². The maximum absolute atomic E-state index is 12.8. The van der Waals surface area contributed by atoms with Gasteiger partial charge in [0.2, 0.25) is 0 Å². The van der Waals surface area contributed by atoms with Crippen LogP contribution in [0.25, 0.3) is 0 Å². The van der Waals surface area contributed by atoms with E-state index in [2.05, 4.69) is 6.07 Å². The highest BCUT2D eigenvalue weighted by molar-refractivity contribution is 5.90. The molecule has 1 atom stereocenters. The molecule has 0 fully saturated rings. The SMILES string of the molecule is CC(C)(C)OC(=O)[C@@](C#N)(CCC(=O)C(C)(C)O)c1ccccc1. The van der Waals surface area contributed by atoms with E-state index >= 15 is 0 Å². The van der Waals surface area contributed by atoms with Gasteiger partial charge in [-0.15, -0.1) is 0 Å². The fraction of sp³-hybridized carbons (Fsp3) is 0.526. The van der Waals surface area contributed by atoms with Crippen molar-refractivity contribution in [1.82, 2.24) is 0 Å². The molecule has 0 aliphatic carbocycles. The van der Waals surface area contributed by atoms with Crippen LogP contribution in [0, 0.1) is 11.3 Å². The van der Waals surface area contributed by atoms with Crippen LogP contribution >= 0.6 is 0 Å². The van der Waals surface area contributed by atoms with Crippen molar-refractivity contribution < 1.29 is 19.4 Å². The van der Waals surface area contributed by atoms with E-state index in [1.165, 1.54) is 13.8 Å². The molecule has 0 radical (unpaired) electrons. The van der Waals surface area contributed by atoms with E-state index in [4.69, 9.17) is 4.74 Å². The van der Waals surface area contributed by atoms with Crippen molar-refractivity contribution in [2.45, 2.75) is 64.1 Å². The van der Waals surface area contributed by atoms with Gasteiger partial charge in [0.05, 0.1) is 6.07 Å². The number of ether oxygens (including phenoxy) is 1. The van der Waals surface area contributed by atoms with E-state index in [0.29, 0.717) is 5.56 Å². The number of hydrogen-bond acceptors (Lipinski definition) is 5. The van der Waals surface area contributed by atoms with Gasteiger partial charge in [0.15, 0.2) is 11.2 Å². The Kier molecular flexibility index (Phi) is 5.91. The number of nitriles is 1. The van der Waals surface area contributed by atoms with E-state index in [9.17, 15) is 20.0 Å². The third-order valence-corrected chi connectivity index (χ3v) is 3.61. The van der Waals surface area contributed by atoms with Crippen molar-refractivity contribution >= 4 is 11.8 Å². The Morgan fingerprint density at radius 2 is 1.67 bits per heavy atom. The molecular weight excluding hydrogens is 306 g/mol. The molecule has 5 nitrogen and oxygen atoms in total. The molecule has 0 bridgehead atoms. The Morgan fingerprint density at radius 3 is 2.08 bits per heavy atom. The number of hydrogen-bond donors (Lipinski definition) is 1. The third-order valence-electron chi connectivity index (χ3n) is 3.61. The lowest BCUT2D eigenvalue weighted by Gasteiger charge is -2.30. The van der Waals surface area contributed by atoms with Gasteiger partial charge in [-0.25, -0.2) is 4.79 Å². The standard InChI is InChI=1S/C19H25NO4/c1-17(2,3)24-16(22)19(13-20,14-9-7-6-8-10-14)12-11-15(21)18(4,5)23/h6-10,23H,11-12H2,1-5H3/t19-/m1/s1. The summed E-state index contributed by atoms with van der Waals surface area (Å²) < 4.78 is 5.43. The van der Waals surface area contributed by atoms with Crippen LogP contribution in [0.15, 0.2) is 30.3 Å². The maximum atomic E-state index is 12.8. The summed E-state index contributed by atoms with van der Waals surface area (Å²) in [4.78, 5) is 24.8. The molecule has 130 valence electrons. The summed E-state index contributed by atoms with van der Waals surface area (Å²) in [6, 6.07) is 10.6. The van der Waals surface area contributed by atoms with Gasteiger partial charge in [-0.05, 0) is 46.6 Å². The molecule has 1 aromatic rings. The zero-order chi connectivity index (χ0) is 18.6. The van der Waals surface area contributed by atoms with Crippen LogP contribution in [-0.2, 0) is 19.7 Å². The number of esters is 1. The molecule has 0 heterocycles. The summed E-state index contributed by atoms with van der Waals surface area (Å²) in [6.07, 6.45) is -0.156. The number of carbonyl (C=O) groups is 2. The van der Waals surface area contributed by atoms with E-state index in [1.54, 1.807) is 51.1 Å². The molecule has 0 aliphatic rings. The Bertz CT molecular complexity index is 632. The molecular formula is C19H25NO4. The molecule has 0 spiro atoms. The lowest BCUT2D eigenvalue weighted by molar-refractivity contribution is -0.160. The van der Waals surface area contributed by atoms with Gasteiger partial charge in [0.25, 0.3) is 0 Å².